The predicted molar refractivity (Wildman–Crippen MR) is 130 cm³/mol. The molecule has 2 saturated heterocycles. The van der Waals surface area contributed by atoms with Crippen LogP contribution in [0, 0.1) is 0 Å². The Morgan fingerprint density at radius 1 is 1.03 bits per heavy atom. The molecule has 0 spiro atoms. The lowest BCUT2D eigenvalue weighted by Gasteiger charge is -2.31. The van der Waals surface area contributed by atoms with E-state index in [1.165, 1.54) is 0 Å². The lowest BCUT2D eigenvalue weighted by Crippen LogP contribution is -2.42. The third-order valence-corrected chi connectivity index (χ3v) is 6.39. The summed E-state index contributed by atoms with van der Waals surface area (Å²) >= 11 is 0. The number of likely N-dealkylation sites (tertiary alicyclic amines) is 1. The zero-order valence-corrected chi connectivity index (χ0v) is 19.9. The molecule has 1 atom stereocenters. The molecule has 0 saturated carbocycles. The van der Waals surface area contributed by atoms with Crippen molar-refractivity contribution in [3.05, 3.63) is 65.2 Å². The number of methoxy groups -OCH3 is 1. The van der Waals surface area contributed by atoms with Gasteiger partial charge in [-0.25, -0.2) is 0 Å². The van der Waals surface area contributed by atoms with Crippen molar-refractivity contribution in [1.82, 2.24) is 9.80 Å². The van der Waals surface area contributed by atoms with Crippen LogP contribution in [0.4, 0.5) is 5.69 Å². The molecule has 1 amide bonds. The molecule has 180 valence electrons. The minimum Gasteiger partial charge on any atom is -0.507 e. The van der Waals surface area contributed by atoms with Crippen molar-refractivity contribution < 1.29 is 24.2 Å². The second-order valence-corrected chi connectivity index (χ2v) is 8.66. The number of aliphatic hydroxyl groups is 1. The molecule has 1 N–H and O–H groups in total. The molecule has 2 aromatic carbocycles. The average Bonchev–Trinajstić information content (AvgIpc) is 3.12. The van der Waals surface area contributed by atoms with E-state index in [0.717, 1.165) is 24.3 Å². The molecule has 2 heterocycles. The van der Waals surface area contributed by atoms with Crippen molar-refractivity contribution in [2.75, 3.05) is 65.5 Å². The molecule has 0 radical (unpaired) electrons. The van der Waals surface area contributed by atoms with Crippen LogP contribution in [0.5, 0.6) is 5.75 Å². The summed E-state index contributed by atoms with van der Waals surface area (Å²) in [5.74, 6) is -0.808. The van der Waals surface area contributed by atoms with Gasteiger partial charge in [-0.1, -0.05) is 12.1 Å². The van der Waals surface area contributed by atoms with E-state index in [-0.39, 0.29) is 11.3 Å². The minimum atomic E-state index is -0.669. The number of carbonyl (C=O) groups is 2. The monoisotopic (exact) mass is 465 g/mol. The zero-order chi connectivity index (χ0) is 24.2. The van der Waals surface area contributed by atoms with Crippen molar-refractivity contribution >= 4 is 23.1 Å². The van der Waals surface area contributed by atoms with Crippen LogP contribution in [0.15, 0.2) is 54.1 Å². The molecule has 34 heavy (non-hydrogen) atoms. The number of anilines is 1. The number of morpholine rings is 1. The highest BCUT2D eigenvalue weighted by Crippen LogP contribution is 2.39. The van der Waals surface area contributed by atoms with Gasteiger partial charge in [0.2, 0.25) is 0 Å². The quantitative estimate of drug-likeness (QED) is 0.382. The molecule has 4 rings (SSSR count). The number of nitrogens with zero attached hydrogens (tertiary/aromatic N) is 3. The van der Waals surface area contributed by atoms with Gasteiger partial charge in [0.1, 0.15) is 11.5 Å². The summed E-state index contributed by atoms with van der Waals surface area (Å²) in [6.07, 6.45) is 0. The Bertz CT molecular complexity index is 1060. The molecule has 0 aliphatic carbocycles. The van der Waals surface area contributed by atoms with E-state index >= 15 is 0 Å². The van der Waals surface area contributed by atoms with Gasteiger partial charge in [0.05, 0.1) is 31.9 Å². The maximum Gasteiger partial charge on any atom is 0.295 e. The largest absolute Gasteiger partial charge is 0.507 e. The molecule has 0 aromatic heterocycles. The Balaban J connectivity index is 1.72. The molecular formula is C26H31N3O5. The first-order valence-corrected chi connectivity index (χ1v) is 11.4. The normalized spacial score (nSPS) is 20.6. The van der Waals surface area contributed by atoms with Crippen molar-refractivity contribution in [2.24, 2.45) is 0 Å². The highest BCUT2D eigenvalue weighted by Gasteiger charge is 2.46. The first-order valence-electron chi connectivity index (χ1n) is 11.4. The number of benzene rings is 2. The number of hydrogen-bond acceptors (Lipinski definition) is 7. The summed E-state index contributed by atoms with van der Waals surface area (Å²) in [7, 11) is 5.46. The summed E-state index contributed by atoms with van der Waals surface area (Å²) in [6.45, 7) is 3.91. The van der Waals surface area contributed by atoms with Crippen LogP contribution >= 0.6 is 0 Å². The van der Waals surface area contributed by atoms with Gasteiger partial charge in [-0.2, -0.15) is 0 Å². The Morgan fingerprint density at radius 2 is 1.68 bits per heavy atom. The van der Waals surface area contributed by atoms with E-state index in [0.29, 0.717) is 37.6 Å². The van der Waals surface area contributed by atoms with Gasteiger partial charge in [-0.3, -0.25) is 14.5 Å². The molecule has 1 unspecified atom stereocenters. The van der Waals surface area contributed by atoms with Gasteiger partial charge in [0.15, 0.2) is 0 Å². The Morgan fingerprint density at radius 3 is 2.26 bits per heavy atom. The fourth-order valence-corrected chi connectivity index (χ4v) is 4.39. The first-order chi connectivity index (χ1) is 16.4. The number of amides is 1. The van der Waals surface area contributed by atoms with Crippen LogP contribution in [-0.4, -0.2) is 87.2 Å². The van der Waals surface area contributed by atoms with Crippen molar-refractivity contribution in [1.29, 1.82) is 0 Å². The minimum absolute atomic E-state index is 0.106. The van der Waals surface area contributed by atoms with Crippen LogP contribution in [0.3, 0.4) is 0 Å². The summed E-state index contributed by atoms with van der Waals surface area (Å²) in [5, 5.41) is 11.2. The molecule has 2 aliphatic rings. The molecule has 2 aromatic rings. The van der Waals surface area contributed by atoms with E-state index < -0.39 is 17.7 Å². The molecule has 2 fully saturated rings. The smallest absolute Gasteiger partial charge is 0.295 e. The summed E-state index contributed by atoms with van der Waals surface area (Å²) in [6, 6.07) is 13.8. The van der Waals surface area contributed by atoms with Crippen molar-refractivity contribution in [3.8, 4) is 5.75 Å². The van der Waals surface area contributed by atoms with Crippen LogP contribution in [0.25, 0.3) is 5.76 Å². The summed E-state index contributed by atoms with van der Waals surface area (Å²) in [5.41, 5.74) is 2.35. The number of Topliss-reactive ketones (excluding diaryl/α,β-unsaturated/α-hetero) is 1. The van der Waals surface area contributed by atoms with Crippen molar-refractivity contribution in [2.45, 2.75) is 6.04 Å². The molecule has 8 nitrogen and oxygen atoms in total. The topological polar surface area (TPSA) is 82.5 Å². The standard InChI is InChI=1S/C26H31N3O5/c1-27(2)20-8-4-18(5-9-20)23-22(24(30)19-6-10-21(33-3)11-7-19)25(31)26(32)29(23)13-12-28-14-16-34-17-15-28/h4-11,23,30H,12-17H2,1-3H3/b24-22-. The van der Waals surface area contributed by atoms with Crippen LogP contribution in [-0.2, 0) is 14.3 Å². The van der Waals surface area contributed by atoms with Crippen molar-refractivity contribution in [3.63, 3.8) is 0 Å². The van der Waals surface area contributed by atoms with Crippen LogP contribution in [0.2, 0.25) is 0 Å². The second kappa shape index (κ2) is 10.3. The number of ether oxygens (including phenoxy) is 2. The van der Waals surface area contributed by atoms with Crippen LogP contribution in [0.1, 0.15) is 17.2 Å². The van der Waals surface area contributed by atoms with Gasteiger partial charge < -0.3 is 24.4 Å². The molecule has 0 bridgehead atoms. The van der Waals surface area contributed by atoms with E-state index in [9.17, 15) is 14.7 Å². The number of hydrogen-bond donors (Lipinski definition) is 1. The maximum absolute atomic E-state index is 13.2. The second-order valence-electron chi connectivity index (χ2n) is 8.66. The van der Waals surface area contributed by atoms with Gasteiger partial charge in [0.25, 0.3) is 11.7 Å². The van der Waals surface area contributed by atoms with Gasteiger partial charge >= 0.3 is 0 Å². The lowest BCUT2D eigenvalue weighted by atomic mass is 9.95. The molecular weight excluding hydrogens is 434 g/mol. The molecule has 8 heteroatoms. The fourth-order valence-electron chi connectivity index (χ4n) is 4.39. The average molecular weight is 466 g/mol. The lowest BCUT2D eigenvalue weighted by molar-refractivity contribution is -0.140. The van der Waals surface area contributed by atoms with E-state index in [1.54, 1.807) is 36.3 Å². The Hall–Kier alpha value is -3.36. The highest BCUT2D eigenvalue weighted by molar-refractivity contribution is 6.46. The first kappa shape index (κ1) is 23.8. The number of aliphatic hydroxyl groups excluding tert-OH is 1. The Kier molecular flexibility index (Phi) is 7.19. The van der Waals surface area contributed by atoms with Crippen LogP contribution < -0.4 is 9.64 Å². The summed E-state index contributed by atoms with van der Waals surface area (Å²) in [4.78, 5) is 32.1. The number of ketones is 1. The third-order valence-electron chi connectivity index (χ3n) is 6.39. The number of carbonyl (C=O) groups excluding carboxylic acids is 2. The van der Waals surface area contributed by atoms with Gasteiger partial charge in [-0.05, 0) is 42.0 Å². The third kappa shape index (κ3) is 4.78. The highest BCUT2D eigenvalue weighted by atomic mass is 16.5. The van der Waals surface area contributed by atoms with E-state index in [1.807, 2.05) is 43.3 Å². The van der Waals surface area contributed by atoms with E-state index in [2.05, 4.69) is 4.90 Å². The summed E-state index contributed by atoms with van der Waals surface area (Å²) < 4.78 is 10.6. The SMILES string of the molecule is COc1ccc(/C(O)=C2/C(=O)C(=O)N(CCN3CCOCC3)C2c2ccc(N(C)C)cc2)cc1. The maximum atomic E-state index is 13.2. The fraction of sp³-hybridized carbons (Fsp3) is 0.385. The predicted octanol–water partition coefficient (Wildman–Crippen LogP) is 2.52. The number of rotatable bonds is 7. The Labute approximate surface area is 200 Å². The molecule has 2 aliphatic heterocycles. The zero-order valence-electron chi connectivity index (χ0n) is 19.9. The van der Waals surface area contributed by atoms with Gasteiger partial charge in [-0.15, -0.1) is 0 Å². The van der Waals surface area contributed by atoms with E-state index in [4.69, 9.17) is 9.47 Å². The van der Waals surface area contributed by atoms with Gasteiger partial charge in [0, 0.05) is 51.5 Å².